The van der Waals surface area contributed by atoms with Crippen LogP contribution in [0.25, 0.3) is 99.6 Å². The molecule has 11 aromatic rings. The molecule has 0 fully saturated rings. The maximum Gasteiger partial charge on any atom is 0.137 e. The summed E-state index contributed by atoms with van der Waals surface area (Å²) in [6.45, 7) is 14.2. The van der Waals surface area contributed by atoms with Crippen LogP contribution in [-0.2, 0) is 6.54 Å². The molecule has 0 saturated carbocycles. The molecule has 0 bridgehead atoms. The number of benzene rings is 7. The van der Waals surface area contributed by atoms with Crippen molar-refractivity contribution in [2.75, 3.05) is 0 Å². The van der Waals surface area contributed by atoms with E-state index in [1.807, 2.05) is 69.5 Å². The molecule has 7 aromatic carbocycles. The summed E-state index contributed by atoms with van der Waals surface area (Å²) in [5, 5.41) is 14.8. The third kappa shape index (κ3) is 8.17. The summed E-state index contributed by atoms with van der Waals surface area (Å²) in [7, 11) is 0. The van der Waals surface area contributed by atoms with Crippen molar-refractivity contribution in [2.45, 2.75) is 41.2 Å². The minimum Gasteiger partial charge on any atom is -0.456 e. The van der Waals surface area contributed by atoms with E-state index in [-0.39, 0.29) is 5.84 Å². The Morgan fingerprint density at radius 2 is 1.33 bits per heavy atom. The zero-order valence-electron chi connectivity index (χ0n) is 38.4. The van der Waals surface area contributed by atoms with Gasteiger partial charge in [-0.05, 0) is 104 Å². The highest BCUT2D eigenvalue weighted by Gasteiger charge is 2.19. The summed E-state index contributed by atoms with van der Waals surface area (Å²) in [6.07, 6.45) is 13.2. The molecule has 4 heterocycles. The predicted octanol–water partition coefficient (Wildman–Crippen LogP) is 16.6. The van der Waals surface area contributed by atoms with Crippen molar-refractivity contribution < 1.29 is 13.3 Å². The van der Waals surface area contributed by atoms with E-state index in [4.69, 9.17) is 29.4 Å². The number of furan rings is 3. The average Bonchev–Trinajstić information content (AvgIpc) is 4.11. The fraction of sp³-hybridized carbons (Fsp3) is 0.100. The van der Waals surface area contributed by atoms with E-state index < -0.39 is 0 Å². The van der Waals surface area contributed by atoms with E-state index in [2.05, 4.69) is 146 Å². The monoisotopic (exact) mass is 876 g/mol. The van der Waals surface area contributed by atoms with Gasteiger partial charge >= 0.3 is 0 Å². The van der Waals surface area contributed by atoms with Gasteiger partial charge in [-0.1, -0.05) is 130 Å². The van der Waals surface area contributed by atoms with Crippen molar-refractivity contribution in [2.24, 2.45) is 10.7 Å². The van der Waals surface area contributed by atoms with Crippen LogP contribution in [-0.4, -0.2) is 16.6 Å². The quantitative estimate of drug-likeness (QED) is 0.0855. The Labute approximate surface area is 389 Å². The van der Waals surface area contributed by atoms with Crippen LogP contribution >= 0.6 is 0 Å². The minimum atomic E-state index is 0.0492. The smallest absolute Gasteiger partial charge is 0.137 e. The number of nitrogens with one attached hydrogen (secondary N) is 1. The van der Waals surface area contributed by atoms with Gasteiger partial charge in [0, 0.05) is 72.5 Å². The molecule has 0 radical (unpaired) electrons. The molecule has 0 amide bonds. The van der Waals surface area contributed by atoms with Crippen LogP contribution < -0.4 is 5.73 Å². The molecule has 11 rings (SSSR count). The van der Waals surface area contributed by atoms with Gasteiger partial charge in [-0.25, -0.2) is 0 Å². The highest BCUT2D eigenvalue weighted by atomic mass is 16.3. The molecule has 7 heteroatoms. The highest BCUT2D eigenvalue weighted by molar-refractivity contribution is 6.16. The molecule has 67 heavy (non-hydrogen) atoms. The maximum absolute atomic E-state index is 7.03. The van der Waals surface area contributed by atoms with Crippen molar-refractivity contribution in [3.05, 3.63) is 204 Å². The largest absolute Gasteiger partial charge is 0.456 e. The molecule has 0 saturated heterocycles. The summed E-state index contributed by atoms with van der Waals surface area (Å²) < 4.78 is 21.4. The molecule has 3 N–H and O–H groups in total. The zero-order chi connectivity index (χ0) is 46.6. The van der Waals surface area contributed by atoms with Gasteiger partial charge in [0.2, 0.25) is 0 Å². The first-order chi connectivity index (χ1) is 32.8. The number of aromatic nitrogens is 1. The van der Waals surface area contributed by atoms with Gasteiger partial charge in [0.25, 0.3) is 0 Å². The Hall–Kier alpha value is -8.42. The second kappa shape index (κ2) is 19.0. The van der Waals surface area contributed by atoms with Crippen LogP contribution in [0.2, 0.25) is 0 Å². The number of rotatable bonds is 9. The van der Waals surface area contributed by atoms with Crippen LogP contribution in [0.5, 0.6) is 0 Å². The minimum absolute atomic E-state index is 0.0492. The molecule has 0 aliphatic heterocycles. The SMILES string of the molecule is C/C=C\c1c(C)c2ccccc2n1-c1ccc2c(c1)oc1cccc(-c3ccc4oc5cccc(C=NCc6ccc7c(c6)oc6ccccc67)c5c4c3)c12.C=C/C(=C\C=C/C)C(=N)N.CC. The van der Waals surface area contributed by atoms with E-state index >= 15 is 0 Å². The molecule has 7 nitrogen and oxygen atoms in total. The van der Waals surface area contributed by atoms with E-state index in [9.17, 15) is 0 Å². The molecule has 0 aliphatic rings. The normalized spacial score (nSPS) is 12.1. The Bertz CT molecular complexity index is 3790. The van der Waals surface area contributed by atoms with E-state index in [1.165, 1.54) is 22.2 Å². The van der Waals surface area contributed by atoms with Gasteiger partial charge in [0.1, 0.15) is 39.3 Å². The number of fused-ring (bicyclic) bond motifs is 10. The lowest BCUT2D eigenvalue weighted by molar-refractivity contribution is 0.668. The summed E-state index contributed by atoms with van der Waals surface area (Å²) >= 11 is 0. The Morgan fingerprint density at radius 1 is 0.657 bits per heavy atom. The van der Waals surface area contributed by atoms with Crippen molar-refractivity contribution in [1.29, 1.82) is 5.41 Å². The Morgan fingerprint density at radius 3 is 2.12 bits per heavy atom. The van der Waals surface area contributed by atoms with Gasteiger partial charge in [-0.2, -0.15) is 0 Å². The molecule has 330 valence electrons. The van der Waals surface area contributed by atoms with Gasteiger partial charge in [0.15, 0.2) is 0 Å². The fourth-order valence-corrected chi connectivity index (χ4v) is 8.97. The first-order valence-corrected chi connectivity index (χ1v) is 22.7. The van der Waals surface area contributed by atoms with E-state index in [0.29, 0.717) is 12.1 Å². The summed E-state index contributed by atoms with van der Waals surface area (Å²) in [5.74, 6) is 0.0492. The van der Waals surface area contributed by atoms with Gasteiger partial charge < -0.3 is 23.6 Å². The van der Waals surface area contributed by atoms with Gasteiger partial charge in [-0.15, -0.1) is 0 Å². The number of hydrogen-bond acceptors (Lipinski definition) is 5. The van der Waals surface area contributed by atoms with Crippen LogP contribution in [0.1, 0.15) is 50.1 Å². The fourth-order valence-electron chi connectivity index (χ4n) is 8.97. The molecule has 0 aliphatic carbocycles. The summed E-state index contributed by atoms with van der Waals surface area (Å²) in [5.41, 5.74) is 20.0. The average molecular weight is 877 g/mol. The first kappa shape index (κ1) is 43.8. The van der Waals surface area contributed by atoms with Crippen LogP contribution in [0, 0.1) is 12.3 Å². The lowest BCUT2D eigenvalue weighted by Gasteiger charge is -2.09. The zero-order valence-corrected chi connectivity index (χ0v) is 38.4. The number of allylic oxidation sites excluding steroid dienone is 4. The van der Waals surface area contributed by atoms with E-state index in [0.717, 1.165) is 93.8 Å². The lowest BCUT2D eigenvalue weighted by Crippen LogP contribution is -2.10. The topological polar surface area (TPSA) is 107 Å². The predicted molar refractivity (Wildman–Crippen MR) is 284 cm³/mol. The number of nitrogens with zero attached hydrogens (tertiary/aromatic N) is 2. The van der Waals surface area contributed by atoms with Crippen LogP contribution in [0.4, 0.5) is 0 Å². The Balaban J connectivity index is 0.000000419. The number of hydrogen-bond donors (Lipinski definition) is 2. The summed E-state index contributed by atoms with van der Waals surface area (Å²) in [6, 6.07) is 48.6. The number of aliphatic imine (C=N–C) groups is 1. The molecular formula is C60H52N4O3. The second-order valence-corrected chi connectivity index (χ2v) is 16.0. The third-order valence-corrected chi connectivity index (χ3v) is 12.0. The standard InChI is InChI=1S/C50H34N2O3.C8H12N2.C2H6/c1-3-10-41-30(2)35-12-4-6-15-42(35)52(41)34-21-23-39-48(27-34)55-46-18-9-14-36(50(39)46)32-20-24-44-40(26-32)49-33(11-8-17-45(49)53-44)29-51-28-31-19-22-38-37-13-5-7-16-43(37)54-47(38)25-31;1-3-5-6-7(4-2)8(9)10;1-2/h3-27,29H,28H2,1-2H3;3-6H,2H2,1H3,(H3,9,10);1-2H3/b10-3-,51-29?;5-3-,7-6+;. The number of nitrogens with two attached hydrogens (primary N) is 1. The highest BCUT2D eigenvalue weighted by Crippen LogP contribution is 2.41. The molecule has 4 aromatic heterocycles. The molecule has 0 spiro atoms. The van der Waals surface area contributed by atoms with Crippen molar-refractivity contribution in [3.63, 3.8) is 0 Å². The van der Waals surface area contributed by atoms with Crippen molar-refractivity contribution in [3.8, 4) is 16.8 Å². The molecular weight excluding hydrogens is 825 g/mol. The van der Waals surface area contributed by atoms with Crippen molar-refractivity contribution >= 4 is 94.8 Å². The summed E-state index contributed by atoms with van der Waals surface area (Å²) in [4.78, 5) is 4.89. The molecule has 0 atom stereocenters. The van der Waals surface area contributed by atoms with E-state index in [1.54, 1.807) is 12.2 Å². The van der Waals surface area contributed by atoms with Gasteiger partial charge in [0.05, 0.1) is 12.1 Å². The van der Waals surface area contributed by atoms with Crippen LogP contribution in [0.15, 0.2) is 200 Å². The Kier molecular flexibility index (Phi) is 12.4. The first-order valence-electron chi connectivity index (χ1n) is 22.7. The molecule has 0 unspecified atom stereocenters. The third-order valence-electron chi connectivity index (χ3n) is 12.0. The maximum atomic E-state index is 7.03. The second-order valence-electron chi connectivity index (χ2n) is 16.0. The van der Waals surface area contributed by atoms with Crippen molar-refractivity contribution in [1.82, 2.24) is 4.57 Å². The van der Waals surface area contributed by atoms with Gasteiger partial charge in [-0.3, -0.25) is 10.4 Å². The lowest BCUT2D eigenvalue weighted by atomic mass is 9.97. The number of aryl methyl sites for hydroxylation is 1. The number of para-hydroxylation sites is 2. The van der Waals surface area contributed by atoms with Crippen LogP contribution in [0.3, 0.4) is 0 Å². The number of amidine groups is 1.